The molecule has 0 radical (unpaired) electrons. The van der Waals surface area contributed by atoms with Crippen molar-refractivity contribution in [3.05, 3.63) is 218 Å². The highest BCUT2D eigenvalue weighted by Gasteiger charge is 2.17. The normalized spacial score (nSPS) is 11.2. The lowest BCUT2D eigenvalue weighted by atomic mass is 9.95. The second-order valence-electron chi connectivity index (χ2n) is 14.0. The molecular weight excluding hydrogens is 681 g/mol. The molecule has 10 aromatic rings. The lowest BCUT2D eigenvalue weighted by Gasteiger charge is -2.26. The number of anilines is 3. The van der Waals surface area contributed by atoms with Gasteiger partial charge in [-0.2, -0.15) is 0 Å². The van der Waals surface area contributed by atoms with Gasteiger partial charge in [0.15, 0.2) is 5.58 Å². The number of fused-ring (bicyclic) bond motifs is 3. The van der Waals surface area contributed by atoms with Crippen LogP contribution in [0.1, 0.15) is 0 Å². The van der Waals surface area contributed by atoms with Crippen LogP contribution >= 0.6 is 0 Å². The Morgan fingerprint density at radius 1 is 0.339 bits per heavy atom. The second-order valence-corrected chi connectivity index (χ2v) is 14.0. The van der Waals surface area contributed by atoms with Crippen LogP contribution in [0.3, 0.4) is 0 Å². The number of nitrogens with zero attached hydrogens (tertiary/aromatic N) is 2. The van der Waals surface area contributed by atoms with Gasteiger partial charge < -0.3 is 9.32 Å². The van der Waals surface area contributed by atoms with Gasteiger partial charge in [-0.25, -0.2) is 4.98 Å². The molecule has 0 saturated carbocycles. The zero-order valence-electron chi connectivity index (χ0n) is 30.6. The van der Waals surface area contributed by atoms with Crippen molar-refractivity contribution in [2.45, 2.75) is 0 Å². The number of benzene rings is 9. The number of hydrogen-bond acceptors (Lipinski definition) is 3. The number of oxazole rings is 1. The SMILES string of the molecule is c1ccc(-c2ccc(N(c3ccc(-c4ccc(-c5cccc6ccc7nc(-c8ccccc8)oc7c56)cc4)cc3)c3cccc(-c4ccccc4)c3)cc2)cc1. The zero-order valence-corrected chi connectivity index (χ0v) is 30.6. The van der Waals surface area contributed by atoms with Crippen LogP contribution in [0.15, 0.2) is 223 Å². The fourth-order valence-corrected chi connectivity index (χ4v) is 7.68. The lowest BCUT2D eigenvalue weighted by Crippen LogP contribution is -2.10. The minimum atomic E-state index is 0.633. The van der Waals surface area contributed by atoms with Crippen LogP contribution in [0.5, 0.6) is 0 Å². The predicted octanol–water partition coefficient (Wildman–Crippen LogP) is 14.8. The van der Waals surface area contributed by atoms with E-state index in [-0.39, 0.29) is 0 Å². The topological polar surface area (TPSA) is 29.3 Å². The van der Waals surface area contributed by atoms with Crippen molar-refractivity contribution in [1.82, 2.24) is 4.98 Å². The third-order valence-corrected chi connectivity index (χ3v) is 10.5. The summed E-state index contributed by atoms with van der Waals surface area (Å²) in [5.41, 5.74) is 15.2. The van der Waals surface area contributed by atoms with E-state index in [4.69, 9.17) is 9.40 Å². The van der Waals surface area contributed by atoms with Crippen LogP contribution < -0.4 is 4.90 Å². The van der Waals surface area contributed by atoms with Crippen LogP contribution in [0, 0.1) is 0 Å². The molecule has 0 bridgehead atoms. The van der Waals surface area contributed by atoms with Crippen LogP contribution in [-0.2, 0) is 0 Å². The van der Waals surface area contributed by atoms with Gasteiger partial charge in [-0.05, 0) is 104 Å². The van der Waals surface area contributed by atoms with E-state index in [9.17, 15) is 0 Å². The first-order valence-corrected chi connectivity index (χ1v) is 18.9. The number of aromatic nitrogens is 1. The van der Waals surface area contributed by atoms with Gasteiger partial charge in [0.25, 0.3) is 0 Å². The van der Waals surface area contributed by atoms with Crippen molar-refractivity contribution < 1.29 is 4.42 Å². The van der Waals surface area contributed by atoms with Crippen LogP contribution in [0.2, 0.25) is 0 Å². The molecule has 0 atom stereocenters. The summed E-state index contributed by atoms with van der Waals surface area (Å²) in [6.07, 6.45) is 0. The molecular formula is C53H36N2O. The van der Waals surface area contributed by atoms with E-state index in [1.165, 1.54) is 22.3 Å². The molecule has 10 rings (SSSR count). The second kappa shape index (κ2) is 14.4. The highest BCUT2D eigenvalue weighted by atomic mass is 16.3. The fourth-order valence-electron chi connectivity index (χ4n) is 7.68. The molecule has 0 spiro atoms. The van der Waals surface area contributed by atoms with Gasteiger partial charge in [-0.1, -0.05) is 164 Å². The summed E-state index contributed by atoms with van der Waals surface area (Å²) in [4.78, 5) is 7.18. The van der Waals surface area contributed by atoms with Gasteiger partial charge in [0, 0.05) is 28.0 Å². The van der Waals surface area contributed by atoms with Crippen LogP contribution in [0.4, 0.5) is 17.1 Å². The molecule has 0 aliphatic rings. The molecule has 3 heteroatoms. The number of rotatable bonds is 8. The first kappa shape index (κ1) is 33.1. The minimum Gasteiger partial charge on any atom is -0.435 e. The summed E-state index contributed by atoms with van der Waals surface area (Å²) in [7, 11) is 0. The monoisotopic (exact) mass is 716 g/mol. The summed E-state index contributed by atoms with van der Waals surface area (Å²) in [6.45, 7) is 0. The Kier molecular flexibility index (Phi) is 8.51. The van der Waals surface area contributed by atoms with Crippen LogP contribution in [0.25, 0.3) is 77.8 Å². The standard InChI is InChI=1S/C53H36N2O/c1-4-12-37(13-5-1)40-26-31-46(32-27-40)55(48-20-10-19-45(36-48)38-14-6-2-7-15-38)47-33-28-41(29-34-47)39-22-24-42(25-23-39)49-21-11-18-43-30-35-50-52(51(43)49)56-53(54-50)44-16-8-3-9-17-44/h1-36H. The number of hydrogen-bond donors (Lipinski definition) is 0. The molecule has 0 amide bonds. The Hall–Kier alpha value is -7.49. The minimum absolute atomic E-state index is 0.633. The molecule has 0 fully saturated rings. The van der Waals surface area contributed by atoms with Gasteiger partial charge >= 0.3 is 0 Å². The van der Waals surface area contributed by atoms with E-state index in [1.54, 1.807) is 0 Å². The molecule has 0 saturated heterocycles. The highest BCUT2D eigenvalue weighted by Crippen LogP contribution is 2.40. The van der Waals surface area contributed by atoms with Crippen molar-refractivity contribution in [1.29, 1.82) is 0 Å². The van der Waals surface area contributed by atoms with E-state index in [0.717, 1.165) is 66.8 Å². The predicted molar refractivity (Wildman–Crippen MR) is 233 cm³/mol. The average Bonchev–Trinajstić information content (AvgIpc) is 3.73. The van der Waals surface area contributed by atoms with Crippen molar-refractivity contribution in [3.63, 3.8) is 0 Å². The Morgan fingerprint density at radius 3 is 1.43 bits per heavy atom. The molecule has 9 aromatic carbocycles. The Labute approximate surface area is 326 Å². The molecule has 264 valence electrons. The quantitative estimate of drug-likeness (QED) is 0.157. The Morgan fingerprint density at radius 2 is 0.821 bits per heavy atom. The molecule has 0 aliphatic heterocycles. The van der Waals surface area contributed by atoms with E-state index in [1.807, 2.05) is 36.4 Å². The summed E-state index contributed by atoms with van der Waals surface area (Å²) < 4.78 is 6.46. The zero-order chi connectivity index (χ0) is 37.3. The van der Waals surface area contributed by atoms with Gasteiger partial charge in [0.05, 0.1) is 0 Å². The third-order valence-electron chi connectivity index (χ3n) is 10.5. The molecule has 0 N–H and O–H groups in total. The first-order valence-electron chi connectivity index (χ1n) is 18.9. The molecule has 0 aliphatic carbocycles. The largest absolute Gasteiger partial charge is 0.435 e. The van der Waals surface area contributed by atoms with Gasteiger partial charge in [-0.15, -0.1) is 0 Å². The summed E-state index contributed by atoms with van der Waals surface area (Å²) in [5.74, 6) is 0.633. The lowest BCUT2D eigenvalue weighted by molar-refractivity contribution is 0.623. The first-order chi connectivity index (χ1) is 27.7. The molecule has 1 aromatic heterocycles. The summed E-state index contributed by atoms with van der Waals surface area (Å²) in [6, 6.07) is 77.1. The van der Waals surface area contributed by atoms with Crippen LogP contribution in [-0.4, -0.2) is 4.98 Å². The average molecular weight is 717 g/mol. The highest BCUT2D eigenvalue weighted by molar-refractivity contribution is 6.11. The van der Waals surface area contributed by atoms with Gasteiger partial charge in [0.1, 0.15) is 5.52 Å². The third kappa shape index (κ3) is 6.31. The Balaban J connectivity index is 0.988. The van der Waals surface area contributed by atoms with E-state index >= 15 is 0 Å². The smallest absolute Gasteiger partial charge is 0.227 e. The van der Waals surface area contributed by atoms with Crippen molar-refractivity contribution in [2.75, 3.05) is 4.90 Å². The maximum absolute atomic E-state index is 6.46. The van der Waals surface area contributed by atoms with E-state index in [2.05, 4.69) is 187 Å². The summed E-state index contributed by atoms with van der Waals surface area (Å²) in [5, 5.41) is 2.20. The molecule has 3 nitrogen and oxygen atoms in total. The molecule has 1 heterocycles. The van der Waals surface area contributed by atoms with Crippen molar-refractivity contribution in [3.8, 4) is 56.0 Å². The Bertz CT molecular complexity index is 2920. The summed E-state index contributed by atoms with van der Waals surface area (Å²) >= 11 is 0. The molecule has 0 unspecified atom stereocenters. The van der Waals surface area contributed by atoms with Gasteiger partial charge in [-0.3, -0.25) is 0 Å². The van der Waals surface area contributed by atoms with E-state index < -0.39 is 0 Å². The van der Waals surface area contributed by atoms with Crippen molar-refractivity contribution >= 4 is 38.9 Å². The fraction of sp³-hybridized carbons (Fsp3) is 0. The van der Waals surface area contributed by atoms with Crippen molar-refractivity contribution in [2.24, 2.45) is 0 Å². The van der Waals surface area contributed by atoms with Gasteiger partial charge in [0.2, 0.25) is 5.89 Å². The maximum atomic E-state index is 6.46. The molecule has 56 heavy (non-hydrogen) atoms. The maximum Gasteiger partial charge on any atom is 0.227 e. The van der Waals surface area contributed by atoms with E-state index in [0.29, 0.717) is 5.89 Å².